The molecule has 2 aromatic rings. The number of ether oxygens (including phenoxy) is 1. The summed E-state index contributed by atoms with van der Waals surface area (Å²) >= 11 is 6.62. The van der Waals surface area contributed by atoms with Gasteiger partial charge in [-0.05, 0) is 47.7 Å². The Kier molecular flexibility index (Phi) is 5.52. The van der Waals surface area contributed by atoms with Crippen molar-refractivity contribution >= 4 is 11.6 Å². The van der Waals surface area contributed by atoms with Crippen LogP contribution < -0.4 is 5.32 Å². The molecular formula is C20H21ClN2O. The Morgan fingerprint density at radius 2 is 2.08 bits per heavy atom. The smallest absolute Gasteiger partial charge is 0.0991 e. The molecule has 1 N–H and O–H groups in total. The Morgan fingerprint density at radius 3 is 2.71 bits per heavy atom. The van der Waals surface area contributed by atoms with Crippen LogP contribution in [0.1, 0.15) is 23.6 Å². The van der Waals surface area contributed by atoms with Crippen LogP contribution in [0.2, 0.25) is 5.02 Å². The van der Waals surface area contributed by atoms with Gasteiger partial charge in [-0.1, -0.05) is 36.7 Å². The number of nitriles is 1. The van der Waals surface area contributed by atoms with Crippen molar-refractivity contribution in [2.45, 2.75) is 25.9 Å². The fourth-order valence-electron chi connectivity index (χ4n) is 3.07. The van der Waals surface area contributed by atoms with Crippen molar-refractivity contribution in [1.29, 1.82) is 5.26 Å². The fraction of sp³-hybridized carbons (Fsp3) is 0.350. The number of rotatable bonds is 4. The first-order valence-electron chi connectivity index (χ1n) is 8.35. The molecule has 0 aromatic heterocycles. The summed E-state index contributed by atoms with van der Waals surface area (Å²) in [6.07, 6.45) is 1.97. The van der Waals surface area contributed by atoms with E-state index in [2.05, 4.69) is 30.4 Å². The average Bonchev–Trinajstić information content (AvgIpc) is 2.64. The van der Waals surface area contributed by atoms with E-state index < -0.39 is 0 Å². The minimum atomic E-state index is 0.207. The number of benzene rings is 2. The number of halogens is 1. The van der Waals surface area contributed by atoms with Crippen LogP contribution in [0.4, 0.5) is 0 Å². The van der Waals surface area contributed by atoms with Crippen LogP contribution in [0, 0.1) is 11.3 Å². The molecule has 0 aliphatic carbocycles. The van der Waals surface area contributed by atoms with Crippen LogP contribution in [0.15, 0.2) is 36.4 Å². The summed E-state index contributed by atoms with van der Waals surface area (Å²) < 4.78 is 5.83. The van der Waals surface area contributed by atoms with E-state index in [0.29, 0.717) is 5.56 Å². The lowest BCUT2D eigenvalue weighted by molar-refractivity contribution is 0.0292. The molecule has 1 atom stereocenters. The number of nitrogens with zero attached hydrogens (tertiary/aromatic N) is 1. The van der Waals surface area contributed by atoms with Gasteiger partial charge in [0.15, 0.2) is 0 Å². The molecule has 1 aliphatic rings. The highest BCUT2D eigenvalue weighted by molar-refractivity contribution is 6.34. The fourth-order valence-corrected chi connectivity index (χ4v) is 3.43. The molecule has 3 rings (SSSR count). The third-order valence-electron chi connectivity index (χ3n) is 4.38. The average molecular weight is 341 g/mol. The molecular weight excluding hydrogens is 320 g/mol. The number of morpholine rings is 1. The van der Waals surface area contributed by atoms with Gasteiger partial charge in [0.05, 0.1) is 29.4 Å². The summed E-state index contributed by atoms with van der Waals surface area (Å²) in [5.41, 5.74) is 5.11. The summed E-state index contributed by atoms with van der Waals surface area (Å²) in [5.74, 6) is 0. The van der Waals surface area contributed by atoms with Crippen molar-refractivity contribution < 1.29 is 4.74 Å². The third kappa shape index (κ3) is 3.79. The maximum atomic E-state index is 8.97. The summed E-state index contributed by atoms with van der Waals surface area (Å²) in [7, 11) is 0. The molecule has 1 heterocycles. The van der Waals surface area contributed by atoms with E-state index in [1.807, 2.05) is 24.3 Å². The van der Waals surface area contributed by atoms with Gasteiger partial charge < -0.3 is 10.1 Å². The van der Waals surface area contributed by atoms with E-state index in [0.717, 1.165) is 54.3 Å². The first-order chi connectivity index (χ1) is 11.7. The SMILES string of the molecule is CCc1cc(CC2CNCCO2)cc(-c2ccc(C#N)cc2)c1Cl. The van der Waals surface area contributed by atoms with Crippen LogP contribution in [0.25, 0.3) is 11.1 Å². The second-order valence-corrected chi connectivity index (χ2v) is 6.44. The van der Waals surface area contributed by atoms with E-state index in [-0.39, 0.29) is 6.10 Å². The molecule has 2 aromatic carbocycles. The Labute approximate surface area is 148 Å². The lowest BCUT2D eigenvalue weighted by Crippen LogP contribution is -2.39. The van der Waals surface area contributed by atoms with E-state index >= 15 is 0 Å². The normalized spacial score (nSPS) is 17.5. The largest absolute Gasteiger partial charge is 0.375 e. The van der Waals surface area contributed by atoms with Crippen molar-refractivity contribution in [1.82, 2.24) is 5.32 Å². The quantitative estimate of drug-likeness (QED) is 0.915. The molecule has 0 saturated carbocycles. The number of nitrogens with one attached hydrogen (secondary N) is 1. The Morgan fingerprint density at radius 1 is 1.29 bits per heavy atom. The predicted octanol–water partition coefficient (Wildman–Crippen LogP) is 3.97. The van der Waals surface area contributed by atoms with Crippen LogP contribution in [0.5, 0.6) is 0 Å². The number of hydrogen-bond donors (Lipinski definition) is 1. The van der Waals surface area contributed by atoms with Crippen molar-refractivity contribution in [2.75, 3.05) is 19.7 Å². The van der Waals surface area contributed by atoms with Gasteiger partial charge in [0.1, 0.15) is 0 Å². The first kappa shape index (κ1) is 17.0. The van der Waals surface area contributed by atoms with Gasteiger partial charge >= 0.3 is 0 Å². The van der Waals surface area contributed by atoms with Crippen molar-refractivity contribution in [3.63, 3.8) is 0 Å². The van der Waals surface area contributed by atoms with Gasteiger partial charge in [-0.25, -0.2) is 0 Å². The molecule has 1 unspecified atom stereocenters. The topological polar surface area (TPSA) is 45.0 Å². The van der Waals surface area contributed by atoms with Gasteiger partial charge in [0.2, 0.25) is 0 Å². The molecule has 0 radical (unpaired) electrons. The molecule has 0 bridgehead atoms. The maximum absolute atomic E-state index is 8.97. The lowest BCUT2D eigenvalue weighted by Gasteiger charge is -2.24. The summed E-state index contributed by atoms with van der Waals surface area (Å²) in [4.78, 5) is 0. The number of hydrogen-bond acceptors (Lipinski definition) is 3. The highest BCUT2D eigenvalue weighted by Crippen LogP contribution is 2.33. The third-order valence-corrected chi connectivity index (χ3v) is 4.83. The standard InChI is InChI=1S/C20H21ClN2O/c1-2-16-9-15(10-18-13-23-7-8-24-18)11-19(20(16)21)17-5-3-14(12-22)4-6-17/h3-6,9,11,18,23H,2,7-8,10,13H2,1H3. The molecule has 1 fully saturated rings. The lowest BCUT2D eigenvalue weighted by atomic mass is 9.95. The highest BCUT2D eigenvalue weighted by Gasteiger charge is 2.16. The van der Waals surface area contributed by atoms with E-state index in [9.17, 15) is 0 Å². The number of aryl methyl sites for hydroxylation is 1. The van der Waals surface area contributed by atoms with Crippen molar-refractivity contribution in [3.05, 3.63) is 58.1 Å². The van der Waals surface area contributed by atoms with Gasteiger partial charge in [0, 0.05) is 18.7 Å². The van der Waals surface area contributed by atoms with E-state index in [1.54, 1.807) is 0 Å². The summed E-state index contributed by atoms with van der Waals surface area (Å²) in [6.45, 7) is 4.69. The minimum absolute atomic E-state index is 0.207. The maximum Gasteiger partial charge on any atom is 0.0991 e. The molecule has 0 amide bonds. The highest BCUT2D eigenvalue weighted by atomic mass is 35.5. The van der Waals surface area contributed by atoms with E-state index in [1.165, 1.54) is 5.56 Å². The van der Waals surface area contributed by atoms with Crippen LogP contribution in [-0.4, -0.2) is 25.8 Å². The van der Waals surface area contributed by atoms with Crippen LogP contribution in [-0.2, 0) is 17.6 Å². The Hall–Kier alpha value is -1.86. The molecule has 24 heavy (non-hydrogen) atoms. The van der Waals surface area contributed by atoms with Crippen molar-refractivity contribution in [2.24, 2.45) is 0 Å². The zero-order valence-electron chi connectivity index (χ0n) is 13.8. The first-order valence-corrected chi connectivity index (χ1v) is 8.73. The molecule has 1 saturated heterocycles. The summed E-state index contributed by atoms with van der Waals surface area (Å²) in [5, 5.41) is 13.1. The van der Waals surface area contributed by atoms with E-state index in [4.69, 9.17) is 21.6 Å². The Bertz CT molecular complexity index is 743. The van der Waals surface area contributed by atoms with Crippen molar-refractivity contribution in [3.8, 4) is 17.2 Å². The second-order valence-electron chi connectivity index (χ2n) is 6.06. The summed E-state index contributed by atoms with van der Waals surface area (Å²) in [6, 6.07) is 14.1. The van der Waals surface area contributed by atoms with Gasteiger partial charge in [0.25, 0.3) is 0 Å². The Balaban J connectivity index is 1.94. The monoisotopic (exact) mass is 340 g/mol. The van der Waals surface area contributed by atoms with Crippen LogP contribution >= 0.6 is 11.6 Å². The van der Waals surface area contributed by atoms with Crippen LogP contribution in [0.3, 0.4) is 0 Å². The molecule has 124 valence electrons. The molecule has 1 aliphatic heterocycles. The second kappa shape index (κ2) is 7.81. The molecule has 3 nitrogen and oxygen atoms in total. The zero-order valence-corrected chi connectivity index (χ0v) is 14.6. The molecule has 0 spiro atoms. The van der Waals surface area contributed by atoms with Gasteiger partial charge in [-0.15, -0.1) is 0 Å². The molecule has 4 heteroatoms. The predicted molar refractivity (Wildman–Crippen MR) is 97.3 cm³/mol. The van der Waals surface area contributed by atoms with Gasteiger partial charge in [-0.2, -0.15) is 5.26 Å². The van der Waals surface area contributed by atoms with Gasteiger partial charge in [-0.3, -0.25) is 0 Å². The zero-order chi connectivity index (χ0) is 16.9. The minimum Gasteiger partial charge on any atom is -0.375 e.